The summed E-state index contributed by atoms with van der Waals surface area (Å²) in [5, 5.41) is 10.7. The number of esters is 2. The lowest BCUT2D eigenvalue weighted by molar-refractivity contribution is -0.222. The third kappa shape index (κ3) is 4.04. The highest BCUT2D eigenvalue weighted by Gasteiger charge is 2.71. The van der Waals surface area contributed by atoms with E-state index in [4.69, 9.17) is 9.47 Å². The number of carbonyl (C=O) groups excluding carboxylic acids is 2. The number of fused-ring (bicyclic) bond motifs is 7. The Labute approximate surface area is 241 Å². The van der Waals surface area contributed by atoms with Crippen molar-refractivity contribution in [2.45, 2.75) is 126 Å². The quantitative estimate of drug-likeness (QED) is 0.288. The van der Waals surface area contributed by atoms with Crippen LogP contribution in [0.15, 0.2) is 11.6 Å². The van der Waals surface area contributed by atoms with Gasteiger partial charge in [0.05, 0.1) is 5.41 Å². The predicted octanol–water partition coefficient (Wildman–Crippen LogP) is 7.35. The molecule has 5 aliphatic rings. The van der Waals surface area contributed by atoms with E-state index >= 15 is 0 Å². The first-order chi connectivity index (χ1) is 18.5. The topological polar surface area (TPSA) is 89.9 Å². The van der Waals surface area contributed by atoms with Crippen molar-refractivity contribution in [1.29, 1.82) is 0 Å². The van der Waals surface area contributed by atoms with Gasteiger partial charge in [-0.3, -0.25) is 14.4 Å². The standard InChI is InChI=1S/C34H52O6/c1-21(35)39-20-34-18-17-33(28(37)38)16-15-29(3,4)19-24(33)23(34)9-10-26-31(7)13-12-27(40-22(2)36)30(5,6)25(31)11-14-32(26,34)8/h9,24-27H,10-20H2,1-8H3,(H,37,38)/t24?,25?,26-,27+,31+,32-,33+,34+/m1/s1. The first-order valence-corrected chi connectivity index (χ1v) is 15.7. The molecule has 5 aliphatic carbocycles. The Morgan fingerprint density at radius 1 is 0.875 bits per heavy atom. The van der Waals surface area contributed by atoms with Gasteiger partial charge in [-0.25, -0.2) is 0 Å². The van der Waals surface area contributed by atoms with Crippen LogP contribution in [0.2, 0.25) is 0 Å². The molecule has 5 rings (SSSR count). The number of ether oxygens (including phenoxy) is 2. The number of allylic oxidation sites excluding steroid dienone is 1. The maximum Gasteiger partial charge on any atom is 0.310 e. The van der Waals surface area contributed by atoms with Crippen molar-refractivity contribution in [3.05, 3.63) is 11.6 Å². The Bertz CT molecular complexity index is 1120. The maximum absolute atomic E-state index is 13.0. The second-order valence-electron chi connectivity index (χ2n) is 16.2. The van der Waals surface area contributed by atoms with E-state index in [0.29, 0.717) is 31.3 Å². The molecule has 1 N–H and O–H groups in total. The zero-order chi connectivity index (χ0) is 29.5. The SMILES string of the molecule is CC(=O)OC[C@@]12CC[C@@]3(C(=O)O)CCC(C)(C)CC3C1=CC[C@@H]1[C@@]3(C)CC[C@H](OC(C)=O)C(C)(C)C3CC[C@]12C. The molecule has 0 saturated heterocycles. The van der Waals surface area contributed by atoms with Crippen molar-refractivity contribution in [2.75, 3.05) is 6.61 Å². The Hall–Kier alpha value is -1.85. The Kier molecular flexibility index (Phi) is 6.91. The number of carboxylic acids is 1. The molecule has 0 aromatic carbocycles. The first-order valence-electron chi connectivity index (χ1n) is 15.7. The minimum absolute atomic E-state index is 0.0301. The molecule has 0 bridgehead atoms. The minimum atomic E-state index is -0.727. The van der Waals surface area contributed by atoms with Gasteiger partial charge in [0.1, 0.15) is 12.7 Å². The summed E-state index contributed by atoms with van der Waals surface area (Å²) in [6.45, 7) is 17.4. The molecule has 0 aromatic rings. The molecule has 224 valence electrons. The van der Waals surface area contributed by atoms with Crippen LogP contribution in [0.25, 0.3) is 0 Å². The van der Waals surface area contributed by atoms with Crippen LogP contribution in [0.3, 0.4) is 0 Å². The van der Waals surface area contributed by atoms with Gasteiger partial charge in [0.25, 0.3) is 0 Å². The summed E-state index contributed by atoms with van der Waals surface area (Å²) in [5.74, 6) is -0.355. The zero-order valence-electron chi connectivity index (χ0n) is 26.2. The molecule has 4 fully saturated rings. The van der Waals surface area contributed by atoms with Gasteiger partial charge in [0.2, 0.25) is 0 Å². The van der Waals surface area contributed by atoms with Crippen molar-refractivity contribution in [1.82, 2.24) is 0 Å². The summed E-state index contributed by atoms with van der Waals surface area (Å²) < 4.78 is 11.8. The largest absolute Gasteiger partial charge is 0.481 e. The van der Waals surface area contributed by atoms with Crippen LogP contribution in [0, 0.1) is 50.2 Å². The molecule has 6 heteroatoms. The van der Waals surface area contributed by atoms with E-state index in [0.717, 1.165) is 51.4 Å². The van der Waals surface area contributed by atoms with Gasteiger partial charge in [-0.1, -0.05) is 53.2 Å². The average molecular weight is 557 g/mol. The number of carboxylic acid groups (broad SMARTS) is 1. The second kappa shape index (κ2) is 9.33. The number of hydrogen-bond acceptors (Lipinski definition) is 5. The van der Waals surface area contributed by atoms with Crippen LogP contribution < -0.4 is 0 Å². The van der Waals surface area contributed by atoms with E-state index in [1.165, 1.54) is 19.4 Å². The molecule has 0 spiro atoms. The summed E-state index contributed by atoms with van der Waals surface area (Å²) in [4.78, 5) is 37.3. The molecule has 40 heavy (non-hydrogen) atoms. The molecule has 8 atom stereocenters. The third-order valence-electron chi connectivity index (χ3n) is 13.5. The smallest absolute Gasteiger partial charge is 0.310 e. The van der Waals surface area contributed by atoms with Gasteiger partial charge >= 0.3 is 17.9 Å². The number of rotatable bonds is 4. The van der Waals surface area contributed by atoms with Crippen molar-refractivity contribution < 1.29 is 29.0 Å². The van der Waals surface area contributed by atoms with E-state index in [1.807, 2.05) is 0 Å². The van der Waals surface area contributed by atoms with Crippen LogP contribution in [-0.2, 0) is 23.9 Å². The summed E-state index contributed by atoms with van der Waals surface area (Å²) in [6, 6.07) is 0. The highest BCUT2D eigenvalue weighted by molar-refractivity contribution is 5.77. The Morgan fingerprint density at radius 3 is 2.17 bits per heavy atom. The van der Waals surface area contributed by atoms with Gasteiger partial charge < -0.3 is 14.6 Å². The van der Waals surface area contributed by atoms with Gasteiger partial charge in [-0.15, -0.1) is 0 Å². The van der Waals surface area contributed by atoms with E-state index in [-0.39, 0.29) is 51.0 Å². The molecule has 0 aromatic heterocycles. The van der Waals surface area contributed by atoms with E-state index in [1.54, 1.807) is 0 Å². The summed E-state index contributed by atoms with van der Waals surface area (Å²) in [5.41, 5.74) is 0.0728. The molecule has 4 saturated carbocycles. The summed E-state index contributed by atoms with van der Waals surface area (Å²) in [6.07, 6.45) is 11.1. The van der Waals surface area contributed by atoms with Crippen LogP contribution in [0.4, 0.5) is 0 Å². The average Bonchev–Trinajstić information content (AvgIpc) is 2.83. The van der Waals surface area contributed by atoms with Crippen molar-refractivity contribution in [3.8, 4) is 0 Å². The first kappa shape index (κ1) is 29.6. The minimum Gasteiger partial charge on any atom is -0.481 e. The third-order valence-corrected chi connectivity index (χ3v) is 13.5. The van der Waals surface area contributed by atoms with Crippen LogP contribution in [0.1, 0.15) is 120 Å². The van der Waals surface area contributed by atoms with Crippen molar-refractivity contribution in [3.63, 3.8) is 0 Å². The monoisotopic (exact) mass is 556 g/mol. The predicted molar refractivity (Wildman–Crippen MR) is 153 cm³/mol. The highest BCUT2D eigenvalue weighted by Crippen LogP contribution is 2.76. The fourth-order valence-corrected chi connectivity index (χ4v) is 11.4. The number of aliphatic carboxylic acids is 1. The molecule has 0 heterocycles. The highest BCUT2D eigenvalue weighted by atomic mass is 16.5. The fourth-order valence-electron chi connectivity index (χ4n) is 11.4. The Morgan fingerprint density at radius 2 is 1.55 bits per heavy atom. The molecule has 6 nitrogen and oxygen atoms in total. The van der Waals surface area contributed by atoms with Gasteiger partial charge in [0, 0.05) is 24.7 Å². The second-order valence-corrected chi connectivity index (χ2v) is 16.2. The lowest BCUT2D eigenvalue weighted by Gasteiger charge is -2.71. The number of hydrogen-bond donors (Lipinski definition) is 1. The van der Waals surface area contributed by atoms with Gasteiger partial charge in [-0.05, 0) is 98.2 Å². The van der Waals surface area contributed by atoms with Gasteiger partial charge in [0.15, 0.2) is 0 Å². The van der Waals surface area contributed by atoms with Crippen molar-refractivity contribution in [2.24, 2.45) is 50.2 Å². The lowest BCUT2D eigenvalue weighted by atomic mass is 9.33. The fraction of sp³-hybridized carbons (Fsp3) is 0.853. The van der Waals surface area contributed by atoms with E-state index in [9.17, 15) is 19.5 Å². The number of carbonyl (C=O) groups is 3. The molecular formula is C34H52O6. The Balaban J connectivity index is 1.62. The lowest BCUT2D eigenvalue weighted by Crippen LogP contribution is -2.67. The normalized spacial score (nSPS) is 45.0. The van der Waals surface area contributed by atoms with E-state index in [2.05, 4.69) is 47.6 Å². The van der Waals surface area contributed by atoms with Gasteiger partial charge in [-0.2, -0.15) is 0 Å². The molecule has 2 unspecified atom stereocenters. The van der Waals surface area contributed by atoms with Crippen LogP contribution in [-0.4, -0.2) is 35.7 Å². The van der Waals surface area contributed by atoms with Crippen LogP contribution >= 0.6 is 0 Å². The summed E-state index contributed by atoms with van der Waals surface area (Å²) >= 11 is 0. The van der Waals surface area contributed by atoms with Crippen molar-refractivity contribution >= 4 is 17.9 Å². The molecular weight excluding hydrogens is 504 g/mol. The molecule has 0 aliphatic heterocycles. The van der Waals surface area contributed by atoms with E-state index < -0.39 is 11.4 Å². The maximum atomic E-state index is 13.0. The summed E-state index contributed by atoms with van der Waals surface area (Å²) in [7, 11) is 0. The zero-order valence-corrected chi connectivity index (χ0v) is 26.2. The van der Waals surface area contributed by atoms with Crippen LogP contribution in [0.5, 0.6) is 0 Å². The molecule has 0 amide bonds. The molecule has 0 radical (unpaired) electrons.